The second-order valence-corrected chi connectivity index (χ2v) is 5.04. The molecular formula is C14H20N2O3. The van der Waals surface area contributed by atoms with Crippen LogP contribution >= 0.6 is 0 Å². The van der Waals surface area contributed by atoms with E-state index in [1.165, 1.54) is 7.11 Å². The number of rotatable bonds is 4. The third-order valence-corrected chi connectivity index (χ3v) is 3.39. The normalized spacial score (nSPS) is 22.2. The number of carbonyl (C=O) groups is 1. The fraction of sp³-hybridized carbons (Fsp3) is 0.500. The molecule has 1 aliphatic rings. The molecular weight excluding hydrogens is 244 g/mol. The summed E-state index contributed by atoms with van der Waals surface area (Å²) in [6.07, 6.45) is 2.00. The molecule has 1 heterocycles. The summed E-state index contributed by atoms with van der Waals surface area (Å²) in [5, 5.41) is 2.89. The van der Waals surface area contributed by atoms with Crippen LogP contribution in [0.25, 0.3) is 0 Å². The van der Waals surface area contributed by atoms with E-state index < -0.39 is 0 Å². The van der Waals surface area contributed by atoms with Gasteiger partial charge in [0.25, 0.3) is 5.91 Å². The van der Waals surface area contributed by atoms with Crippen LogP contribution in [0.15, 0.2) is 18.2 Å². The van der Waals surface area contributed by atoms with Crippen molar-refractivity contribution < 1.29 is 14.3 Å². The maximum atomic E-state index is 12.1. The lowest BCUT2D eigenvalue weighted by Crippen LogP contribution is -2.40. The minimum Gasteiger partial charge on any atom is -0.496 e. The minimum atomic E-state index is -0.253. The molecule has 1 amide bonds. The van der Waals surface area contributed by atoms with E-state index in [2.05, 4.69) is 5.32 Å². The summed E-state index contributed by atoms with van der Waals surface area (Å²) in [6.45, 7) is 3.28. The summed E-state index contributed by atoms with van der Waals surface area (Å²) in [4.78, 5) is 12.1. The SMILES string of the molecule is COc1cc(N)ccc1C(=O)NCC1(C)CCCO1. The van der Waals surface area contributed by atoms with Crippen molar-refractivity contribution in [2.24, 2.45) is 0 Å². The molecule has 0 saturated carbocycles. The molecule has 1 aliphatic heterocycles. The first kappa shape index (κ1) is 13.7. The number of hydrogen-bond donors (Lipinski definition) is 2. The van der Waals surface area contributed by atoms with Crippen molar-refractivity contribution >= 4 is 11.6 Å². The van der Waals surface area contributed by atoms with Gasteiger partial charge in [0, 0.05) is 24.9 Å². The van der Waals surface area contributed by atoms with Crippen LogP contribution in [0.4, 0.5) is 5.69 Å². The molecule has 5 heteroatoms. The fourth-order valence-electron chi connectivity index (χ4n) is 2.23. The van der Waals surface area contributed by atoms with E-state index in [1.807, 2.05) is 6.92 Å². The highest BCUT2D eigenvalue weighted by Gasteiger charge is 2.30. The molecule has 1 aromatic carbocycles. The lowest BCUT2D eigenvalue weighted by molar-refractivity contribution is 0.0205. The Balaban J connectivity index is 2.03. The molecule has 0 radical (unpaired) electrons. The number of carbonyl (C=O) groups excluding carboxylic acids is 1. The van der Waals surface area contributed by atoms with E-state index in [9.17, 15) is 4.79 Å². The zero-order valence-corrected chi connectivity index (χ0v) is 11.4. The number of hydrogen-bond acceptors (Lipinski definition) is 4. The monoisotopic (exact) mass is 264 g/mol. The van der Waals surface area contributed by atoms with E-state index in [4.69, 9.17) is 15.2 Å². The van der Waals surface area contributed by atoms with E-state index in [-0.39, 0.29) is 11.5 Å². The summed E-state index contributed by atoms with van der Waals surface area (Å²) in [5.41, 5.74) is 6.47. The maximum absolute atomic E-state index is 12.1. The summed E-state index contributed by atoms with van der Waals surface area (Å²) < 4.78 is 10.8. The first-order valence-electron chi connectivity index (χ1n) is 6.40. The van der Waals surface area contributed by atoms with Crippen LogP contribution in [0.1, 0.15) is 30.1 Å². The number of nitrogen functional groups attached to an aromatic ring is 1. The first-order valence-corrected chi connectivity index (χ1v) is 6.40. The smallest absolute Gasteiger partial charge is 0.255 e. The van der Waals surface area contributed by atoms with Crippen molar-refractivity contribution in [3.8, 4) is 5.75 Å². The van der Waals surface area contributed by atoms with Crippen LogP contribution in [-0.2, 0) is 4.74 Å². The van der Waals surface area contributed by atoms with Crippen LogP contribution < -0.4 is 15.8 Å². The van der Waals surface area contributed by atoms with E-state index in [0.717, 1.165) is 19.4 Å². The largest absolute Gasteiger partial charge is 0.496 e. The van der Waals surface area contributed by atoms with E-state index >= 15 is 0 Å². The van der Waals surface area contributed by atoms with E-state index in [0.29, 0.717) is 23.5 Å². The van der Waals surface area contributed by atoms with Crippen LogP contribution in [0.2, 0.25) is 0 Å². The minimum absolute atomic E-state index is 0.173. The summed E-state index contributed by atoms with van der Waals surface area (Å²) >= 11 is 0. The van der Waals surface area contributed by atoms with Gasteiger partial charge in [0.1, 0.15) is 5.75 Å². The van der Waals surface area contributed by atoms with E-state index in [1.54, 1.807) is 18.2 Å². The summed E-state index contributed by atoms with van der Waals surface area (Å²) in [6, 6.07) is 5.00. The van der Waals surface area contributed by atoms with Gasteiger partial charge in [-0.3, -0.25) is 4.79 Å². The van der Waals surface area contributed by atoms with Crippen molar-refractivity contribution in [3.63, 3.8) is 0 Å². The highest BCUT2D eigenvalue weighted by atomic mass is 16.5. The fourth-order valence-corrected chi connectivity index (χ4v) is 2.23. The Morgan fingerprint density at radius 1 is 1.58 bits per heavy atom. The Morgan fingerprint density at radius 2 is 2.37 bits per heavy atom. The quantitative estimate of drug-likeness (QED) is 0.810. The molecule has 19 heavy (non-hydrogen) atoms. The third-order valence-electron chi connectivity index (χ3n) is 3.39. The first-order chi connectivity index (χ1) is 9.04. The van der Waals surface area contributed by atoms with Gasteiger partial charge in [0.15, 0.2) is 0 Å². The molecule has 0 aliphatic carbocycles. The van der Waals surface area contributed by atoms with Gasteiger partial charge in [0.05, 0.1) is 18.3 Å². The van der Waals surface area contributed by atoms with Crippen molar-refractivity contribution in [1.29, 1.82) is 0 Å². The Bertz CT molecular complexity index is 468. The van der Waals surface area contributed by atoms with Gasteiger partial charge in [-0.05, 0) is 31.9 Å². The molecule has 1 atom stereocenters. The second kappa shape index (κ2) is 5.48. The van der Waals surface area contributed by atoms with Gasteiger partial charge in [-0.2, -0.15) is 0 Å². The molecule has 1 saturated heterocycles. The molecule has 3 N–H and O–H groups in total. The van der Waals surface area contributed by atoms with Crippen LogP contribution in [-0.4, -0.2) is 31.8 Å². The maximum Gasteiger partial charge on any atom is 0.255 e. The molecule has 5 nitrogen and oxygen atoms in total. The number of nitrogens with two attached hydrogens (primary N) is 1. The third kappa shape index (κ3) is 3.17. The average Bonchev–Trinajstić information content (AvgIpc) is 2.83. The van der Waals surface area contributed by atoms with Gasteiger partial charge in [0.2, 0.25) is 0 Å². The lowest BCUT2D eigenvalue weighted by Gasteiger charge is -2.23. The Morgan fingerprint density at radius 3 is 3.00 bits per heavy atom. The van der Waals surface area contributed by atoms with Crippen molar-refractivity contribution in [1.82, 2.24) is 5.32 Å². The Kier molecular flexibility index (Phi) is 3.95. The predicted molar refractivity (Wildman–Crippen MR) is 73.3 cm³/mol. The van der Waals surface area contributed by atoms with Gasteiger partial charge < -0.3 is 20.5 Å². The van der Waals surface area contributed by atoms with Crippen molar-refractivity contribution in [2.75, 3.05) is 26.0 Å². The summed E-state index contributed by atoms with van der Waals surface area (Å²) in [5.74, 6) is 0.309. The number of anilines is 1. The Hall–Kier alpha value is -1.75. The van der Waals surface area contributed by atoms with Gasteiger partial charge >= 0.3 is 0 Å². The number of methoxy groups -OCH3 is 1. The van der Waals surface area contributed by atoms with Crippen LogP contribution in [0.3, 0.4) is 0 Å². The number of nitrogens with one attached hydrogen (secondary N) is 1. The van der Waals surface area contributed by atoms with Crippen molar-refractivity contribution in [3.05, 3.63) is 23.8 Å². The molecule has 0 aromatic heterocycles. The zero-order valence-electron chi connectivity index (χ0n) is 11.4. The number of ether oxygens (including phenoxy) is 2. The molecule has 0 spiro atoms. The predicted octanol–water partition coefficient (Wildman–Crippen LogP) is 1.58. The molecule has 104 valence electrons. The molecule has 0 bridgehead atoms. The molecule has 1 unspecified atom stereocenters. The molecule has 1 fully saturated rings. The molecule has 2 rings (SSSR count). The van der Waals surface area contributed by atoms with Gasteiger partial charge in [-0.15, -0.1) is 0 Å². The Labute approximate surface area is 113 Å². The topological polar surface area (TPSA) is 73.6 Å². The van der Waals surface area contributed by atoms with Gasteiger partial charge in [-0.25, -0.2) is 0 Å². The van der Waals surface area contributed by atoms with Gasteiger partial charge in [-0.1, -0.05) is 0 Å². The highest BCUT2D eigenvalue weighted by Crippen LogP contribution is 2.25. The molecule has 1 aromatic rings. The standard InChI is InChI=1S/C14H20N2O3/c1-14(6-3-7-19-14)9-16-13(17)11-5-4-10(15)8-12(11)18-2/h4-5,8H,3,6-7,9,15H2,1-2H3,(H,16,17). The average molecular weight is 264 g/mol. The van der Waals surface area contributed by atoms with Crippen LogP contribution in [0.5, 0.6) is 5.75 Å². The van der Waals surface area contributed by atoms with Crippen LogP contribution in [0, 0.1) is 0 Å². The number of benzene rings is 1. The van der Waals surface area contributed by atoms with Crippen molar-refractivity contribution in [2.45, 2.75) is 25.4 Å². The summed E-state index contributed by atoms with van der Waals surface area (Å²) in [7, 11) is 1.52. The number of amides is 1. The zero-order chi connectivity index (χ0) is 13.9. The lowest BCUT2D eigenvalue weighted by atomic mass is 10.0. The highest BCUT2D eigenvalue weighted by molar-refractivity contribution is 5.97. The second-order valence-electron chi connectivity index (χ2n) is 5.04.